The van der Waals surface area contributed by atoms with Gasteiger partial charge in [-0.25, -0.2) is 0 Å². The molecule has 0 aromatic heterocycles. The summed E-state index contributed by atoms with van der Waals surface area (Å²) >= 11 is 0. The van der Waals surface area contributed by atoms with Gasteiger partial charge in [-0.2, -0.15) is 0 Å². The van der Waals surface area contributed by atoms with Crippen LogP contribution >= 0.6 is 8.25 Å². The third-order valence-corrected chi connectivity index (χ3v) is 3.64. The van der Waals surface area contributed by atoms with Crippen molar-refractivity contribution >= 4 is 31.4 Å². The van der Waals surface area contributed by atoms with Crippen molar-refractivity contribution in [3.05, 3.63) is 48.5 Å². The average Bonchev–Trinajstić information content (AvgIpc) is 2.62. The number of amides is 2. The van der Waals surface area contributed by atoms with Crippen LogP contribution in [0.25, 0.3) is 0 Å². The zero-order valence-corrected chi connectivity index (χ0v) is 14.3. The number of anilines is 2. The third-order valence-electron chi connectivity index (χ3n) is 2.96. The second-order valence-electron chi connectivity index (χ2n) is 4.90. The number of hydrogen-bond acceptors (Lipinski definition) is 7. The van der Waals surface area contributed by atoms with Crippen LogP contribution in [0.3, 0.4) is 0 Å². The van der Waals surface area contributed by atoms with Crippen molar-refractivity contribution < 1.29 is 33.4 Å². The van der Waals surface area contributed by atoms with E-state index >= 15 is 0 Å². The van der Waals surface area contributed by atoms with Crippen molar-refractivity contribution in [1.82, 2.24) is 0 Å². The van der Waals surface area contributed by atoms with Gasteiger partial charge in [0.15, 0.2) is 13.2 Å². The zero-order valence-electron chi connectivity index (χ0n) is 13.4. The van der Waals surface area contributed by atoms with E-state index in [2.05, 4.69) is 10.6 Å². The maximum atomic E-state index is 11.6. The molecule has 0 saturated heterocycles. The van der Waals surface area contributed by atoms with Crippen LogP contribution < -0.4 is 10.6 Å². The molecule has 0 heterocycles. The predicted octanol–water partition coefficient (Wildman–Crippen LogP) is 2.37. The first-order chi connectivity index (χ1) is 12.5. The predicted molar refractivity (Wildman–Crippen MR) is 93.0 cm³/mol. The van der Waals surface area contributed by atoms with Crippen LogP contribution in [0.2, 0.25) is 0 Å². The van der Waals surface area contributed by atoms with E-state index in [1.54, 1.807) is 24.3 Å². The second-order valence-corrected chi connectivity index (χ2v) is 5.86. The van der Waals surface area contributed by atoms with Crippen molar-refractivity contribution in [2.45, 2.75) is 0 Å². The van der Waals surface area contributed by atoms with E-state index in [1.165, 1.54) is 24.3 Å². The van der Waals surface area contributed by atoms with Gasteiger partial charge in [-0.1, -0.05) is 24.3 Å². The van der Waals surface area contributed by atoms with E-state index in [9.17, 15) is 24.4 Å². The minimum Gasteiger partial charge on any atom is -0.506 e. The highest BCUT2D eigenvalue weighted by Crippen LogP contribution is 2.25. The highest BCUT2D eigenvalue weighted by molar-refractivity contribution is 7.33. The maximum absolute atomic E-state index is 11.6. The lowest BCUT2D eigenvalue weighted by Crippen LogP contribution is -2.18. The number of nitrogens with one attached hydrogen (secondary N) is 2. The fourth-order valence-corrected chi connectivity index (χ4v) is 2.31. The first-order valence-corrected chi connectivity index (χ1v) is 8.44. The summed E-state index contributed by atoms with van der Waals surface area (Å²) in [6, 6.07) is 12.2. The van der Waals surface area contributed by atoms with Crippen molar-refractivity contribution in [3.63, 3.8) is 0 Å². The van der Waals surface area contributed by atoms with Crippen molar-refractivity contribution in [2.24, 2.45) is 0 Å². The molecule has 136 valence electrons. The number of aromatic hydroxyl groups is 2. The number of para-hydroxylation sites is 4. The van der Waals surface area contributed by atoms with Crippen LogP contribution in [0.5, 0.6) is 11.5 Å². The number of phenols is 2. The SMILES string of the molecule is O=C(CO[P+](=O)OCC(=O)Nc1ccccc1O)Nc1ccccc1O. The minimum absolute atomic E-state index is 0.123. The van der Waals surface area contributed by atoms with Gasteiger partial charge in [0.2, 0.25) is 0 Å². The molecule has 10 heteroatoms. The summed E-state index contributed by atoms with van der Waals surface area (Å²) in [5, 5.41) is 23.8. The Morgan fingerprint density at radius 1 is 0.808 bits per heavy atom. The summed E-state index contributed by atoms with van der Waals surface area (Å²) in [7, 11) is -2.71. The quantitative estimate of drug-likeness (QED) is 0.409. The molecule has 2 amide bonds. The van der Waals surface area contributed by atoms with Crippen LogP contribution in [-0.4, -0.2) is 35.2 Å². The Hall–Kier alpha value is -3.00. The van der Waals surface area contributed by atoms with E-state index in [4.69, 9.17) is 9.05 Å². The van der Waals surface area contributed by atoms with Crippen LogP contribution in [-0.2, 0) is 23.2 Å². The molecular formula is C16H16N2O7P+. The van der Waals surface area contributed by atoms with Gasteiger partial charge in [-0.15, -0.1) is 9.05 Å². The number of benzene rings is 2. The van der Waals surface area contributed by atoms with Gasteiger partial charge >= 0.3 is 8.25 Å². The summed E-state index contributed by atoms with van der Waals surface area (Å²) in [6.07, 6.45) is 0. The summed E-state index contributed by atoms with van der Waals surface area (Å²) in [5.41, 5.74) is 0.360. The molecular weight excluding hydrogens is 363 g/mol. The van der Waals surface area contributed by atoms with Gasteiger partial charge in [-0.3, -0.25) is 9.59 Å². The molecule has 0 bridgehead atoms. The first kappa shape index (κ1) is 19.3. The Morgan fingerprint density at radius 3 is 1.58 bits per heavy atom. The monoisotopic (exact) mass is 379 g/mol. The number of phenolic OH excluding ortho intramolecular Hbond substituents is 2. The number of hydrogen-bond donors (Lipinski definition) is 4. The lowest BCUT2D eigenvalue weighted by Gasteiger charge is -2.05. The molecule has 2 rings (SSSR count). The van der Waals surface area contributed by atoms with Crippen molar-refractivity contribution in [1.29, 1.82) is 0 Å². The highest BCUT2D eigenvalue weighted by Gasteiger charge is 2.24. The molecule has 2 aromatic carbocycles. The van der Waals surface area contributed by atoms with Crippen LogP contribution in [0.1, 0.15) is 0 Å². The fraction of sp³-hybridized carbons (Fsp3) is 0.125. The molecule has 0 unspecified atom stereocenters. The fourth-order valence-electron chi connectivity index (χ4n) is 1.79. The van der Waals surface area contributed by atoms with Gasteiger partial charge in [0.25, 0.3) is 11.8 Å². The lowest BCUT2D eigenvalue weighted by molar-refractivity contribution is -0.118. The zero-order chi connectivity index (χ0) is 18.9. The molecule has 0 atom stereocenters. The standard InChI is InChI=1S/C16H15N2O7P/c19-13-7-3-1-5-11(13)17-15(21)9-24-26(23)25-10-16(22)18-12-6-2-4-8-14(12)20/h1-8H,9-10H2,(H3-,17,18,19,20,21,22)/p+1. The Labute approximate surface area is 149 Å². The molecule has 0 aliphatic heterocycles. The van der Waals surface area contributed by atoms with Crippen LogP contribution in [0.4, 0.5) is 11.4 Å². The van der Waals surface area contributed by atoms with E-state index in [-0.39, 0.29) is 22.9 Å². The van der Waals surface area contributed by atoms with Gasteiger partial charge in [0.05, 0.1) is 11.4 Å². The Kier molecular flexibility index (Phi) is 7.04. The largest absolute Gasteiger partial charge is 0.698 e. The molecule has 0 aliphatic carbocycles. The van der Waals surface area contributed by atoms with E-state index in [0.29, 0.717) is 0 Å². The Balaban J connectivity index is 1.70. The van der Waals surface area contributed by atoms with Crippen LogP contribution in [0, 0.1) is 0 Å². The lowest BCUT2D eigenvalue weighted by atomic mass is 10.3. The minimum atomic E-state index is -2.71. The smallest absolute Gasteiger partial charge is 0.506 e. The number of rotatable bonds is 8. The molecule has 4 N–H and O–H groups in total. The molecule has 2 aromatic rings. The van der Waals surface area contributed by atoms with E-state index in [0.717, 1.165) is 0 Å². The molecule has 0 saturated carbocycles. The highest BCUT2D eigenvalue weighted by atomic mass is 31.1. The van der Waals surface area contributed by atoms with Gasteiger partial charge in [0, 0.05) is 4.57 Å². The Bertz CT molecular complexity index is 747. The third kappa shape index (κ3) is 6.14. The summed E-state index contributed by atoms with van der Waals surface area (Å²) in [4.78, 5) is 23.3. The van der Waals surface area contributed by atoms with E-state index < -0.39 is 33.3 Å². The van der Waals surface area contributed by atoms with Gasteiger partial charge in [-0.05, 0) is 24.3 Å². The molecule has 0 aliphatic rings. The number of carbonyl (C=O) groups excluding carboxylic acids is 2. The van der Waals surface area contributed by atoms with Crippen LogP contribution in [0.15, 0.2) is 48.5 Å². The first-order valence-electron chi connectivity index (χ1n) is 7.34. The maximum Gasteiger partial charge on any atom is 0.698 e. The van der Waals surface area contributed by atoms with E-state index in [1.807, 2.05) is 0 Å². The Morgan fingerprint density at radius 2 is 1.19 bits per heavy atom. The van der Waals surface area contributed by atoms with Crippen molar-refractivity contribution in [2.75, 3.05) is 23.8 Å². The second kappa shape index (κ2) is 9.47. The molecule has 9 nitrogen and oxygen atoms in total. The van der Waals surface area contributed by atoms with Crippen molar-refractivity contribution in [3.8, 4) is 11.5 Å². The van der Waals surface area contributed by atoms with Gasteiger partial charge in [0.1, 0.15) is 11.5 Å². The molecule has 26 heavy (non-hydrogen) atoms. The summed E-state index contributed by atoms with van der Waals surface area (Å²) in [6.45, 7) is -1.19. The molecule has 0 radical (unpaired) electrons. The topological polar surface area (TPSA) is 134 Å². The summed E-state index contributed by atoms with van der Waals surface area (Å²) < 4.78 is 20.9. The number of carbonyl (C=O) groups is 2. The average molecular weight is 379 g/mol. The molecule has 0 spiro atoms. The summed E-state index contributed by atoms with van der Waals surface area (Å²) in [5.74, 6) is -1.56. The molecule has 0 fully saturated rings. The normalized spacial score (nSPS) is 10.2. The van der Waals surface area contributed by atoms with Gasteiger partial charge < -0.3 is 20.8 Å².